The Morgan fingerprint density at radius 1 is 1.07 bits per heavy atom. The van der Waals surface area contributed by atoms with E-state index in [9.17, 15) is 26.7 Å². The third kappa shape index (κ3) is 5.66. The Morgan fingerprint density at radius 3 is 2.39 bits per heavy atom. The molecule has 0 radical (unpaired) electrons. The summed E-state index contributed by atoms with van der Waals surface area (Å²) in [6, 6.07) is 6.23. The van der Waals surface area contributed by atoms with E-state index in [0.29, 0.717) is 27.9 Å². The van der Waals surface area contributed by atoms with Gasteiger partial charge in [0.15, 0.2) is 0 Å². The molecule has 0 spiro atoms. The summed E-state index contributed by atoms with van der Waals surface area (Å²) in [5, 5.41) is 0. The zero-order valence-electron chi connectivity index (χ0n) is 24.8. The van der Waals surface area contributed by atoms with Crippen LogP contribution in [0.15, 0.2) is 36.5 Å². The van der Waals surface area contributed by atoms with Crippen LogP contribution >= 0.6 is 0 Å². The number of halogens is 5. The molecule has 7 nitrogen and oxygen atoms in total. The zero-order chi connectivity index (χ0) is 31.5. The van der Waals surface area contributed by atoms with Gasteiger partial charge in [0.05, 0.1) is 44.0 Å². The fraction of sp³-hybridized carbons (Fsp3) is 0.469. The molecule has 2 saturated heterocycles. The van der Waals surface area contributed by atoms with Gasteiger partial charge in [-0.05, 0) is 66.5 Å². The number of amides is 1. The molecule has 0 bridgehead atoms. The Bertz CT molecular complexity index is 1590. The lowest BCUT2D eigenvalue weighted by Gasteiger charge is -2.34. The Hall–Kier alpha value is -3.96. The van der Waals surface area contributed by atoms with Crippen molar-refractivity contribution in [3.8, 4) is 16.9 Å². The number of nitrogens with zero attached hydrogens (tertiary/aromatic N) is 4. The summed E-state index contributed by atoms with van der Waals surface area (Å²) < 4.78 is 81.1. The summed E-state index contributed by atoms with van der Waals surface area (Å²) in [7, 11) is 1.42. The van der Waals surface area contributed by atoms with Gasteiger partial charge in [-0.15, -0.1) is 0 Å². The molecule has 3 fully saturated rings. The summed E-state index contributed by atoms with van der Waals surface area (Å²) in [5.41, 5.74) is 1.91. The summed E-state index contributed by atoms with van der Waals surface area (Å²) in [6.45, 7) is 5.60. The highest BCUT2D eigenvalue weighted by Gasteiger charge is 2.43. The van der Waals surface area contributed by atoms with Gasteiger partial charge in [0.2, 0.25) is 5.95 Å². The molecule has 1 unspecified atom stereocenters. The third-order valence-corrected chi connectivity index (χ3v) is 8.60. The second-order valence-electron chi connectivity index (χ2n) is 12.1. The van der Waals surface area contributed by atoms with Gasteiger partial charge in [-0.1, -0.05) is 19.9 Å². The van der Waals surface area contributed by atoms with Crippen molar-refractivity contribution in [2.24, 2.45) is 0 Å². The average molecular weight is 617 g/mol. The van der Waals surface area contributed by atoms with Crippen molar-refractivity contribution in [3.63, 3.8) is 0 Å². The number of aromatic nitrogens is 2. The van der Waals surface area contributed by atoms with Gasteiger partial charge < -0.3 is 14.4 Å². The van der Waals surface area contributed by atoms with Crippen LogP contribution in [0, 0.1) is 5.82 Å². The first-order valence-corrected chi connectivity index (χ1v) is 14.7. The van der Waals surface area contributed by atoms with Crippen molar-refractivity contribution in [1.29, 1.82) is 0 Å². The zero-order valence-corrected chi connectivity index (χ0v) is 24.8. The maximum absolute atomic E-state index is 14.9. The third-order valence-electron chi connectivity index (χ3n) is 8.60. The van der Waals surface area contributed by atoms with Crippen LogP contribution in [0.2, 0.25) is 0 Å². The molecular formula is C32H33F5N4O3. The SMILES string of the molecule is COc1cc(F)c(C(C)C)cc1-c1cnc(N2CC(F)C2)nc1CN1C(=O)OC(c2cc(C3CC3)cc(C(F)(F)F)c2)[C@@H]1C. The highest BCUT2D eigenvalue weighted by atomic mass is 19.4. The molecule has 12 heteroatoms. The Morgan fingerprint density at radius 2 is 1.77 bits per heavy atom. The second kappa shape index (κ2) is 11.2. The van der Waals surface area contributed by atoms with Crippen LogP contribution in [0.5, 0.6) is 5.75 Å². The van der Waals surface area contributed by atoms with Crippen LogP contribution in [0.1, 0.15) is 79.5 Å². The molecule has 0 N–H and O–H groups in total. The molecule has 3 heterocycles. The standard InChI is InChI=1S/C32H33F5N4O3/c1-16(2)23-10-24(28(43-4)11-26(23)34)25-12-38-30(40-13-22(33)14-40)39-27(25)15-41-17(3)29(44-31(41)42)20-7-19(18-5-6-18)8-21(9-20)32(35,36)37/h7-12,16-18,22,29H,5-6,13-15H2,1-4H3/t17-,29?/m0/s1. The van der Waals surface area contributed by atoms with Crippen LogP contribution in [-0.2, 0) is 17.5 Å². The fourth-order valence-electron chi connectivity index (χ4n) is 5.86. The summed E-state index contributed by atoms with van der Waals surface area (Å²) in [5.74, 6) is -0.00240. The molecule has 3 aromatic rings. The molecule has 2 aromatic carbocycles. The first-order chi connectivity index (χ1) is 20.8. The van der Waals surface area contributed by atoms with E-state index in [4.69, 9.17) is 14.5 Å². The summed E-state index contributed by atoms with van der Waals surface area (Å²) in [4.78, 5) is 25.5. The maximum Gasteiger partial charge on any atom is 0.416 e. The number of hydrogen-bond donors (Lipinski definition) is 0. The number of carbonyl (C=O) groups excluding carboxylic acids is 1. The number of ether oxygens (including phenoxy) is 2. The first kappa shape index (κ1) is 30.1. The minimum atomic E-state index is -4.55. The largest absolute Gasteiger partial charge is 0.496 e. The Labute approximate surface area is 252 Å². The molecule has 3 aliphatic rings. The number of alkyl halides is 4. The molecule has 1 aliphatic carbocycles. The normalized spacial score (nSPS) is 20.7. The van der Waals surface area contributed by atoms with Gasteiger partial charge in [-0.25, -0.2) is 23.5 Å². The van der Waals surface area contributed by atoms with E-state index in [0.717, 1.165) is 18.9 Å². The summed E-state index contributed by atoms with van der Waals surface area (Å²) >= 11 is 0. The number of methoxy groups -OCH3 is 1. The highest BCUT2D eigenvalue weighted by Crippen LogP contribution is 2.45. The number of rotatable bonds is 8. The quantitative estimate of drug-likeness (QED) is 0.244. The van der Waals surface area contributed by atoms with Crippen molar-refractivity contribution in [2.45, 2.75) is 76.5 Å². The molecule has 6 rings (SSSR count). The minimum absolute atomic E-state index is 0.0633. The van der Waals surface area contributed by atoms with Crippen molar-refractivity contribution in [3.05, 3.63) is 70.3 Å². The van der Waals surface area contributed by atoms with E-state index >= 15 is 0 Å². The molecular weight excluding hydrogens is 583 g/mol. The molecule has 234 valence electrons. The van der Waals surface area contributed by atoms with Gasteiger partial charge >= 0.3 is 12.3 Å². The molecule has 1 amide bonds. The van der Waals surface area contributed by atoms with E-state index in [1.165, 1.54) is 24.1 Å². The predicted octanol–water partition coefficient (Wildman–Crippen LogP) is 7.55. The lowest BCUT2D eigenvalue weighted by Crippen LogP contribution is -2.49. The molecule has 44 heavy (non-hydrogen) atoms. The van der Waals surface area contributed by atoms with Gasteiger partial charge in [0, 0.05) is 23.4 Å². The van der Waals surface area contributed by atoms with Crippen molar-refractivity contribution < 1.29 is 36.2 Å². The van der Waals surface area contributed by atoms with Crippen molar-refractivity contribution in [2.75, 3.05) is 25.1 Å². The Kier molecular flexibility index (Phi) is 7.65. The van der Waals surface area contributed by atoms with Crippen LogP contribution in [-0.4, -0.2) is 53.4 Å². The number of anilines is 1. The monoisotopic (exact) mass is 616 g/mol. The van der Waals surface area contributed by atoms with E-state index in [1.807, 2.05) is 13.8 Å². The average Bonchev–Trinajstić information content (AvgIpc) is 3.77. The van der Waals surface area contributed by atoms with Gasteiger partial charge in [0.1, 0.15) is 23.8 Å². The number of cyclic esters (lactones) is 1. The van der Waals surface area contributed by atoms with E-state index in [2.05, 4.69) is 4.98 Å². The second-order valence-corrected chi connectivity index (χ2v) is 12.1. The predicted molar refractivity (Wildman–Crippen MR) is 153 cm³/mol. The number of hydrogen-bond acceptors (Lipinski definition) is 6. The topological polar surface area (TPSA) is 67.8 Å². The van der Waals surface area contributed by atoms with Gasteiger partial charge in [-0.3, -0.25) is 4.90 Å². The lowest BCUT2D eigenvalue weighted by atomic mass is 9.95. The first-order valence-electron chi connectivity index (χ1n) is 14.7. The van der Waals surface area contributed by atoms with Crippen molar-refractivity contribution in [1.82, 2.24) is 14.9 Å². The van der Waals surface area contributed by atoms with E-state index in [-0.39, 0.29) is 48.7 Å². The van der Waals surface area contributed by atoms with Crippen LogP contribution in [0.4, 0.5) is 32.7 Å². The number of benzene rings is 2. The van der Waals surface area contributed by atoms with Crippen LogP contribution in [0.3, 0.4) is 0 Å². The van der Waals surface area contributed by atoms with Crippen molar-refractivity contribution >= 4 is 12.0 Å². The van der Waals surface area contributed by atoms with E-state index in [1.54, 1.807) is 30.2 Å². The molecule has 1 saturated carbocycles. The highest BCUT2D eigenvalue weighted by molar-refractivity contribution is 5.75. The smallest absolute Gasteiger partial charge is 0.416 e. The maximum atomic E-state index is 14.9. The fourth-order valence-corrected chi connectivity index (χ4v) is 5.86. The Balaban J connectivity index is 1.38. The number of carbonyl (C=O) groups is 1. The van der Waals surface area contributed by atoms with Crippen LogP contribution in [0.25, 0.3) is 11.1 Å². The molecule has 2 aliphatic heterocycles. The van der Waals surface area contributed by atoms with Gasteiger partial charge in [-0.2, -0.15) is 13.2 Å². The van der Waals surface area contributed by atoms with E-state index < -0.39 is 42.0 Å². The van der Waals surface area contributed by atoms with Crippen LogP contribution < -0.4 is 9.64 Å². The molecule has 2 atom stereocenters. The lowest BCUT2D eigenvalue weighted by molar-refractivity contribution is -0.137. The summed E-state index contributed by atoms with van der Waals surface area (Å²) in [6.07, 6.45) is -4.02. The minimum Gasteiger partial charge on any atom is -0.496 e. The molecule has 1 aromatic heterocycles. The van der Waals surface area contributed by atoms with Gasteiger partial charge in [0.25, 0.3) is 0 Å².